The largest absolute Gasteiger partial charge is 0.269 e. The van der Waals surface area contributed by atoms with Gasteiger partial charge in [-0.15, -0.1) is 0 Å². The molecule has 1 saturated heterocycles. The number of hydrazine groups is 1. The topological polar surface area (TPSA) is 104 Å². The maximum Gasteiger partial charge on any atom is 0.269 e. The number of anilines is 1. The van der Waals surface area contributed by atoms with Crippen molar-refractivity contribution in [3.63, 3.8) is 0 Å². The lowest BCUT2D eigenvalue weighted by molar-refractivity contribution is 0.0962. The van der Waals surface area contributed by atoms with Gasteiger partial charge in [0.2, 0.25) is 16.0 Å². The fourth-order valence-corrected chi connectivity index (χ4v) is 4.86. The van der Waals surface area contributed by atoms with Crippen LogP contribution in [0, 0.1) is 19.8 Å². The molecule has 8 nitrogen and oxygen atoms in total. The second-order valence-corrected chi connectivity index (χ2v) is 9.13. The number of carbonyl (C=O) groups excluding carboxylic acids is 1. The highest BCUT2D eigenvalue weighted by Crippen LogP contribution is 2.23. The van der Waals surface area contributed by atoms with Gasteiger partial charge in [-0.3, -0.25) is 15.6 Å². The van der Waals surface area contributed by atoms with Crippen LogP contribution in [0.1, 0.15) is 41.5 Å². The highest BCUT2D eigenvalue weighted by atomic mass is 32.2. The summed E-state index contributed by atoms with van der Waals surface area (Å²) in [5.74, 6) is 0.245. The van der Waals surface area contributed by atoms with Gasteiger partial charge < -0.3 is 0 Å². The Balaban J connectivity index is 1.67. The van der Waals surface area contributed by atoms with Crippen molar-refractivity contribution in [2.45, 2.75) is 38.5 Å². The molecule has 2 heterocycles. The molecule has 0 unspecified atom stereocenters. The molecule has 150 valence electrons. The summed E-state index contributed by atoms with van der Waals surface area (Å²) in [6.45, 7) is 6.80. The zero-order valence-electron chi connectivity index (χ0n) is 16.3. The molecule has 1 atom stereocenters. The summed E-state index contributed by atoms with van der Waals surface area (Å²) in [5, 5.41) is 0. The number of aromatic nitrogens is 2. The molecule has 0 spiro atoms. The third kappa shape index (κ3) is 4.66. The Morgan fingerprint density at radius 1 is 1.14 bits per heavy atom. The van der Waals surface area contributed by atoms with Gasteiger partial charge in [-0.25, -0.2) is 18.4 Å². The van der Waals surface area contributed by atoms with Crippen molar-refractivity contribution in [1.29, 1.82) is 0 Å². The predicted molar refractivity (Wildman–Crippen MR) is 106 cm³/mol. The number of aryl methyl sites for hydroxylation is 2. The van der Waals surface area contributed by atoms with Gasteiger partial charge in [0.25, 0.3) is 5.91 Å². The first kappa shape index (κ1) is 20.2. The van der Waals surface area contributed by atoms with E-state index in [1.54, 1.807) is 0 Å². The minimum atomic E-state index is -3.54. The van der Waals surface area contributed by atoms with Crippen molar-refractivity contribution in [2.24, 2.45) is 5.92 Å². The van der Waals surface area contributed by atoms with Crippen LogP contribution in [0.5, 0.6) is 0 Å². The number of hydrogen-bond donors (Lipinski definition) is 2. The van der Waals surface area contributed by atoms with Gasteiger partial charge in [0, 0.05) is 30.0 Å². The Hall–Kier alpha value is -2.52. The van der Waals surface area contributed by atoms with E-state index in [2.05, 4.69) is 27.7 Å². The molecular weight excluding hydrogens is 378 g/mol. The van der Waals surface area contributed by atoms with E-state index in [9.17, 15) is 13.2 Å². The minimum Gasteiger partial charge on any atom is -0.267 e. The lowest BCUT2D eigenvalue weighted by atomic mass is 10.0. The van der Waals surface area contributed by atoms with Crippen LogP contribution >= 0.6 is 0 Å². The van der Waals surface area contributed by atoms with Crippen LogP contribution in [0.2, 0.25) is 0 Å². The number of benzene rings is 1. The summed E-state index contributed by atoms with van der Waals surface area (Å²) in [5.41, 5.74) is 7.10. The molecule has 0 bridgehead atoms. The Bertz CT molecular complexity index is 940. The third-order valence-corrected chi connectivity index (χ3v) is 6.52. The van der Waals surface area contributed by atoms with Crippen LogP contribution in [0.3, 0.4) is 0 Å². The summed E-state index contributed by atoms with van der Waals surface area (Å²) in [7, 11) is -3.54. The highest BCUT2D eigenvalue weighted by molar-refractivity contribution is 7.89. The second kappa shape index (κ2) is 8.24. The highest BCUT2D eigenvalue weighted by Gasteiger charge is 2.28. The monoisotopic (exact) mass is 403 g/mol. The van der Waals surface area contributed by atoms with E-state index in [4.69, 9.17) is 0 Å². The van der Waals surface area contributed by atoms with Gasteiger partial charge in [0.1, 0.15) is 0 Å². The Morgan fingerprint density at radius 2 is 1.79 bits per heavy atom. The van der Waals surface area contributed by atoms with Crippen LogP contribution in [0.25, 0.3) is 0 Å². The normalized spacial score (nSPS) is 17.9. The molecule has 2 N–H and O–H groups in total. The molecular formula is C19H25N5O3S. The molecule has 2 aromatic rings. The van der Waals surface area contributed by atoms with Crippen molar-refractivity contribution in [3.05, 3.63) is 47.3 Å². The lowest BCUT2D eigenvalue weighted by Crippen LogP contribution is -2.39. The predicted octanol–water partition coefficient (Wildman–Crippen LogP) is 2.27. The molecule has 0 aliphatic carbocycles. The fraction of sp³-hybridized carbons (Fsp3) is 0.421. The average molecular weight is 404 g/mol. The second-order valence-electron chi connectivity index (χ2n) is 7.19. The molecule has 3 rings (SSSR count). The third-order valence-electron chi connectivity index (χ3n) is 4.64. The quantitative estimate of drug-likeness (QED) is 0.742. The maximum atomic E-state index is 12.8. The van der Waals surface area contributed by atoms with E-state index in [0.29, 0.717) is 30.5 Å². The molecule has 9 heteroatoms. The van der Waals surface area contributed by atoms with Crippen molar-refractivity contribution in [2.75, 3.05) is 18.5 Å². The van der Waals surface area contributed by atoms with Gasteiger partial charge >= 0.3 is 0 Å². The van der Waals surface area contributed by atoms with E-state index in [1.807, 2.05) is 19.9 Å². The lowest BCUT2D eigenvalue weighted by Gasteiger charge is -2.30. The smallest absolute Gasteiger partial charge is 0.267 e. The molecule has 1 aromatic carbocycles. The van der Waals surface area contributed by atoms with E-state index < -0.39 is 15.9 Å². The van der Waals surface area contributed by atoms with E-state index in [-0.39, 0.29) is 4.90 Å². The van der Waals surface area contributed by atoms with Gasteiger partial charge in [-0.1, -0.05) is 6.92 Å². The molecule has 1 amide bonds. The molecule has 1 fully saturated rings. The van der Waals surface area contributed by atoms with Crippen molar-refractivity contribution in [1.82, 2.24) is 19.7 Å². The number of nitrogens with one attached hydrogen (secondary N) is 2. The van der Waals surface area contributed by atoms with Gasteiger partial charge in [-0.2, -0.15) is 4.31 Å². The first-order valence-electron chi connectivity index (χ1n) is 9.24. The van der Waals surface area contributed by atoms with Crippen LogP contribution in [0.4, 0.5) is 5.95 Å². The number of hydrogen-bond acceptors (Lipinski definition) is 6. The van der Waals surface area contributed by atoms with Crippen molar-refractivity contribution >= 4 is 21.9 Å². The summed E-state index contributed by atoms with van der Waals surface area (Å²) in [6.07, 6.45) is 1.91. The van der Waals surface area contributed by atoms with Crippen LogP contribution in [-0.4, -0.2) is 41.7 Å². The van der Waals surface area contributed by atoms with Crippen LogP contribution in [0.15, 0.2) is 35.2 Å². The fourth-order valence-electron chi connectivity index (χ4n) is 3.26. The number of nitrogens with zero attached hydrogens (tertiary/aromatic N) is 3. The minimum absolute atomic E-state index is 0.198. The molecule has 1 aliphatic heterocycles. The van der Waals surface area contributed by atoms with Crippen LogP contribution < -0.4 is 10.9 Å². The first-order chi connectivity index (χ1) is 13.3. The van der Waals surface area contributed by atoms with Gasteiger partial charge in [0.15, 0.2) is 0 Å². The number of sulfonamides is 1. The Morgan fingerprint density at radius 3 is 2.39 bits per heavy atom. The van der Waals surface area contributed by atoms with E-state index in [1.165, 1.54) is 28.6 Å². The number of amides is 1. The van der Waals surface area contributed by atoms with Crippen molar-refractivity contribution < 1.29 is 13.2 Å². The summed E-state index contributed by atoms with van der Waals surface area (Å²) in [4.78, 5) is 20.9. The first-order valence-corrected chi connectivity index (χ1v) is 10.7. The van der Waals surface area contributed by atoms with E-state index in [0.717, 1.165) is 24.2 Å². The standard InChI is InChI=1S/C19H25N5O3S/c1-13-5-4-10-24(12-13)28(26,27)17-8-6-16(7-9-17)18(25)22-23-19-20-14(2)11-15(3)21-19/h6-9,11,13H,4-5,10,12H2,1-3H3,(H,22,25)(H,20,21,23)/t13-/m0/s1. The maximum absolute atomic E-state index is 12.8. The Kier molecular flexibility index (Phi) is 5.95. The molecule has 28 heavy (non-hydrogen) atoms. The number of carbonyl (C=O) groups is 1. The number of piperidine rings is 1. The summed E-state index contributed by atoms with van der Waals surface area (Å²) < 4.78 is 27.1. The van der Waals surface area contributed by atoms with Crippen molar-refractivity contribution in [3.8, 4) is 0 Å². The van der Waals surface area contributed by atoms with E-state index >= 15 is 0 Å². The zero-order valence-corrected chi connectivity index (χ0v) is 17.1. The molecule has 0 saturated carbocycles. The molecule has 1 aliphatic rings. The Labute approximate surface area is 165 Å². The average Bonchev–Trinajstić information content (AvgIpc) is 2.65. The zero-order chi connectivity index (χ0) is 20.3. The molecule has 0 radical (unpaired) electrons. The SMILES string of the molecule is Cc1cc(C)nc(NNC(=O)c2ccc(S(=O)(=O)N3CCC[C@H](C)C3)cc2)n1. The number of rotatable bonds is 5. The summed E-state index contributed by atoms with van der Waals surface area (Å²) in [6, 6.07) is 7.77. The molecule has 1 aromatic heterocycles. The summed E-state index contributed by atoms with van der Waals surface area (Å²) >= 11 is 0. The van der Waals surface area contributed by atoms with Gasteiger partial charge in [-0.05, 0) is 62.9 Å². The van der Waals surface area contributed by atoms with Crippen LogP contribution in [-0.2, 0) is 10.0 Å². The van der Waals surface area contributed by atoms with Gasteiger partial charge in [0.05, 0.1) is 4.90 Å².